The molecule has 0 aliphatic heterocycles. The van der Waals surface area contributed by atoms with Gasteiger partial charge in [-0.3, -0.25) is 4.79 Å². The predicted molar refractivity (Wildman–Crippen MR) is 140 cm³/mol. The van der Waals surface area contributed by atoms with Gasteiger partial charge in [0.05, 0.1) is 25.9 Å². The largest absolute Gasteiger partial charge is 0.496 e. The van der Waals surface area contributed by atoms with Crippen molar-refractivity contribution in [3.63, 3.8) is 0 Å². The fourth-order valence-corrected chi connectivity index (χ4v) is 3.56. The number of benzene rings is 2. The van der Waals surface area contributed by atoms with E-state index in [0.717, 1.165) is 16.9 Å². The fourth-order valence-electron chi connectivity index (χ4n) is 3.56. The lowest BCUT2D eigenvalue weighted by molar-refractivity contribution is 0.104. The first-order valence-electron chi connectivity index (χ1n) is 11.3. The van der Waals surface area contributed by atoms with Crippen molar-refractivity contribution in [1.82, 2.24) is 9.97 Å². The van der Waals surface area contributed by atoms with Gasteiger partial charge in [0.25, 0.3) is 0 Å². The lowest BCUT2D eigenvalue weighted by Gasteiger charge is -2.12. The Labute approximate surface area is 209 Å². The van der Waals surface area contributed by atoms with Crippen LogP contribution in [0.2, 0.25) is 0 Å². The van der Waals surface area contributed by atoms with Crippen LogP contribution in [0, 0.1) is 0 Å². The van der Waals surface area contributed by atoms with Crippen molar-refractivity contribution < 1.29 is 19.7 Å². The summed E-state index contributed by atoms with van der Waals surface area (Å²) in [6.07, 6.45) is 6.44. The molecule has 2 heterocycles. The summed E-state index contributed by atoms with van der Waals surface area (Å²) in [4.78, 5) is 21.8. The summed E-state index contributed by atoms with van der Waals surface area (Å²) in [6.45, 7) is -0.195. The highest BCUT2D eigenvalue weighted by Gasteiger charge is 2.11. The summed E-state index contributed by atoms with van der Waals surface area (Å²) in [7, 11) is 1.55. The Morgan fingerprint density at radius 2 is 1.58 bits per heavy atom. The second-order valence-corrected chi connectivity index (χ2v) is 7.83. The molecule has 182 valence electrons. The number of methoxy groups -OCH3 is 1. The van der Waals surface area contributed by atoms with E-state index in [4.69, 9.17) is 4.74 Å². The van der Waals surface area contributed by atoms with E-state index in [9.17, 15) is 15.0 Å². The quantitative estimate of drug-likeness (QED) is 0.187. The zero-order valence-corrected chi connectivity index (χ0v) is 19.7. The smallest absolute Gasteiger partial charge is 0.189 e. The van der Waals surface area contributed by atoms with Crippen LogP contribution in [0.1, 0.15) is 27.0 Å². The average molecular weight is 483 g/mol. The average Bonchev–Trinajstić information content (AvgIpc) is 2.93. The Morgan fingerprint density at radius 3 is 2.31 bits per heavy atom. The number of aliphatic hydroxyl groups excluding tert-OH is 2. The van der Waals surface area contributed by atoms with E-state index >= 15 is 0 Å². The first kappa shape index (κ1) is 24.6. The normalized spacial score (nSPS) is 10.9. The van der Waals surface area contributed by atoms with Crippen molar-refractivity contribution in [2.75, 3.05) is 17.7 Å². The van der Waals surface area contributed by atoms with Crippen LogP contribution < -0.4 is 15.4 Å². The molecule has 0 spiro atoms. The van der Waals surface area contributed by atoms with Gasteiger partial charge in [0, 0.05) is 34.9 Å². The van der Waals surface area contributed by atoms with Crippen molar-refractivity contribution in [2.45, 2.75) is 13.2 Å². The molecular weight excluding hydrogens is 456 g/mol. The minimum absolute atomic E-state index is 0.0371. The van der Waals surface area contributed by atoms with Crippen LogP contribution in [0.15, 0.2) is 85.2 Å². The molecular formula is C28H26N4O4. The molecule has 0 saturated carbocycles. The number of aromatic nitrogens is 2. The number of allylic oxidation sites excluding steroid dienone is 1. The van der Waals surface area contributed by atoms with E-state index in [0.29, 0.717) is 34.1 Å². The highest BCUT2D eigenvalue weighted by molar-refractivity contribution is 6.10. The van der Waals surface area contributed by atoms with Gasteiger partial charge in [-0.15, -0.1) is 0 Å². The van der Waals surface area contributed by atoms with Crippen LogP contribution in [0.4, 0.5) is 23.0 Å². The van der Waals surface area contributed by atoms with Crippen molar-refractivity contribution in [3.8, 4) is 5.75 Å². The van der Waals surface area contributed by atoms with Crippen molar-refractivity contribution in [1.29, 1.82) is 0 Å². The summed E-state index contributed by atoms with van der Waals surface area (Å²) in [5.41, 5.74) is 4.05. The third kappa shape index (κ3) is 5.93. The number of nitrogens with zero attached hydrogens (tertiary/aromatic N) is 2. The molecule has 0 aliphatic carbocycles. The van der Waals surface area contributed by atoms with E-state index in [1.165, 1.54) is 6.08 Å². The molecule has 4 rings (SSSR count). The van der Waals surface area contributed by atoms with Gasteiger partial charge < -0.3 is 25.6 Å². The van der Waals surface area contributed by atoms with Crippen LogP contribution in [-0.4, -0.2) is 33.1 Å². The number of hydrogen-bond donors (Lipinski definition) is 4. The Hall–Kier alpha value is -4.53. The van der Waals surface area contributed by atoms with Crippen molar-refractivity contribution in [3.05, 3.63) is 107 Å². The minimum Gasteiger partial charge on any atom is -0.496 e. The Bertz CT molecular complexity index is 1370. The van der Waals surface area contributed by atoms with Gasteiger partial charge in [-0.05, 0) is 72.3 Å². The molecule has 0 bridgehead atoms. The Morgan fingerprint density at radius 1 is 0.889 bits per heavy atom. The molecule has 8 nitrogen and oxygen atoms in total. The second-order valence-electron chi connectivity index (χ2n) is 7.83. The molecule has 2 aromatic heterocycles. The zero-order valence-electron chi connectivity index (χ0n) is 19.7. The maximum Gasteiger partial charge on any atom is 0.189 e. The van der Waals surface area contributed by atoms with Crippen molar-refractivity contribution in [2.24, 2.45) is 0 Å². The number of hydrogen-bond acceptors (Lipinski definition) is 8. The summed E-state index contributed by atoms with van der Waals surface area (Å²) >= 11 is 0. The number of carbonyl (C=O) groups excluding carboxylic acids is 1. The predicted octanol–water partition coefficient (Wildman–Crippen LogP) is 4.85. The molecule has 36 heavy (non-hydrogen) atoms. The molecule has 0 unspecified atom stereocenters. The van der Waals surface area contributed by atoms with E-state index in [1.54, 1.807) is 68.0 Å². The van der Waals surface area contributed by atoms with Crippen LogP contribution >= 0.6 is 0 Å². The number of carbonyl (C=O) groups is 1. The monoisotopic (exact) mass is 482 g/mol. The number of ether oxygens (including phenoxy) is 1. The highest BCUT2D eigenvalue weighted by Crippen LogP contribution is 2.26. The van der Waals surface area contributed by atoms with Gasteiger partial charge in [0.15, 0.2) is 5.78 Å². The van der Waals surface area contributed by atoms with Gasteiger partial charge in [-0.2, -0.15) is 0 Å². The van der Waals surface area contributed by atoms with E-state index in [2.05, 4.69) is 20.6 Å². The number of anilines is 4. The van der Waals surface area contributed by atoms with Crippen LogP contribution in [0.3, 0.4) is 0 Å². The number of pyridine rings is 2. The fraction of sp³-hybridized carbons (Fsp3) is 0.107. The van der Waals surface area contributed by atoms with Gasteiger partial charge in [0.1, 0.15) is 17.4 Å². The second kappa shape index (κ2) is 11.7. The van der Waals surface area contributed by atoms with Crippen LogP contribution in [0.25, 0.3) is 6.08 Å². The molecule has 4 aromatic rings. The summed E-state index contributed by atoms with van der Waals surface area (Å²) in [5, 5.41) is 25.2. The van der Waals surface area contributed by atoms with Gasteiger partial charge >= 0.3 is 0 Å². The number of nitrogens with one attached hydrogen (secondary N) is 2. The van der Waals surface area contributed by atoms with Crippen LogP contribution in [-0.2, 0) is 13.2 Å². The highest BCUT2D eigenvalue weighted by atomic mass is 16.5. The molecule has 0 amide bonds. The van der Waals surface area contributed by atoms with E-state index < -0.39 is 0 Å². The summed E-state index contributed by atoms with van der Waals surface area (Å²) in [5.74, 6) is 1.37. The minimum atomic E-state index is -0.223. The van der Waals surface area contributed by atoms with E-state index in [-0.39, 0.29) is 19.0 Å². The van der Waals surface area contributed by atoms with Crippen molar-refractivity contribution >= 4 is 34.9 Å². The third-order valence-corrected chi connectivity index (χ3v) is 5.44. The van der Waals surface area contributed by atoms with Gasteiger partial charge in [0.2, 0.25) is 0 Å². The lowest BCUT2D eigenvalue weighted by atomic mass is 10.1. The lowest BCUT2D eigenvalue weighted by Crippen LogP contribution is -2.04. The molecule has 4 N–H and O–H groups in total. The Kier molecular flexibility index (Phi) is 8.02. The maximum absolute atomic E-state index is 13.1. The first-order chi connectivity index (χ1) is 17.6. The molecule has 0 radical (unpaired) electrons. The molecule has 0 aliphatic rings. The Balaban J connectivity index is 1.53. The number of aliphatic hydroxyl groups is 2. The summed E-state index contributed by atoms with van der Waals surface area (Å²) < 4.78 is 5.26. The zero-order chi connectivity index (χ0) is 25.3. The van der Waals surface area contributed by atoms with Gasteiger partial charge in [-0.1, -0.05) is 12.1 Å². The molecule has 0 atom stereocenters. The number of ketones is 1. The SMILES string of the molecule is COc1ccc(Nc2ncccc2/C=C/C(=O)c2cccnc2Nc2ccc(CO)cc2)cc1CO. The molecule has 2 aromatic carbocycles. The van der Waals surface area contributed by atoms with E-state index in [1.807, 2.05) is 24.3 Å². The summed E-state index contributed by atoms with van der Waals surface area (Å²) in [6, 6.07) is 19.7. The van der Waals surface area contributed by atoms with Crippen LogP contribution in [0.5, 0.6) is 5.75 Å². The van der Waals surface area contributed by atoms with Gasteiger partial charge in [-0.25, -0.2) is 9.97 Å². The third-order valence-electron chi connectivity index (χ3n) is 5.44. The topological polar surface area (TPSA) is 117 Å². The molecule has 8 heteroatoms. The maximum atomic E-state index is 13.1. The number of rotatable bonds is 10. The first-order valence-corrected chi connectivity index (χ1v) is 11.3. The standard InChI is InChI=1S/C28H26N4O4/c1-36-26-13-11-23(16-21(26)18-34)32-27-20(4-2-14-29-27)8-12-25(35)24-5-3-15-30-28(24)31-22-9-6-19(17-33)7-10-22/h2-16,33-34H,17-18H2,1H3,(H,29,32)(H,30,31)/b12-8+. The molecule has 0 saturated heterocycles. The molecule has 0 fully saturated rings.